The number of primary amides is 1. The highest BCUT2D eigenvalue weighted by Gasteiger charge is 2.05. The van der Waals surface area contributed by atoms with Crippen molar-refractivity contribution < 1.29 is 24.1 Å². The van der Waals surface area contributed by atoms with Crippen molar-refractivity contribution in [2.45, 2.75) is 6.10 Å². The Labute approximate surface area is 124 Å². The van der Waals surface area contributed by atoms with Gasteiger partial charge >= 0.3 is 0 Å². The van der Waals surface area contributed by atoms with Crippen LogP contribution >= 0.6 is 0 Å². The van der Waals surface area contributed by atoms with E-state index < -0.39 is 12.0 Å². The Hall–Kier alpha value is -1.83. The van der Waals surface area contributed by atoms with Crippen LogP contribution in [0.25, 0.3) is 0 Å². The molecule has 0 aliphatic heterocycles. The average molecular weight is 298 g/mol. The molecule has 0 spiro atoms. The number of hydrogen-bond acceptors (Lipinski definition) is 6. The minimum absolute atomic E-state index is 0.0924. The van der Waals surface area contributed by atoms with E-state index >= 15 is 0 Å². The van der Waals surface area contributed by atoms with E-state index in [1.54, 1.807) is 31.4 Å². The van der Waals surface area contributed by atoms with Gasteiger partial charge in [0, 0.05) is 13.1 Å². The number of ether oxygens (including phenoxy) is 3. The van der Waals surface area contributed by atoms with Gasteiger partial charge in [-0.15, -0.1) is 0 Å². The van der Waals surface area contributed by atoms with Gasteiger partial charge in [0.05, 0.1) is 13.7 Å². The van der Waals surface area contributed by atoms with Gasteiger partial charge in [0.15, 0.2) is 0 Å². The summed E-state index contributed by atoms with van der Waals surface area (Å²) in [5.41, 5.74) is 4.92. The standard InChI is InChI=1S/C14H22N2O5/c1-19-12-2-4-13(5-3-12)21-9-11(17)8-16-6-7-20-10-14(15)18/h2-5,11,16-17H,6-10H2,1H3,(H2,15,18). The topological polar surface area (TPSA) is 103 Å². The van der Waals surface area contributed by atoms with Gasteiger partial charge in [-0.05, 0) is 24.3 Å². The Balaban J connectivity index is 2.07. The Kier molecular flexibility index (Phi) is 8.18. The van der Waals surface area contributed by atoms with E-state index in [0.29, 0.717) is 25.4 Å². The molecule has 0 bridgehead atoms. The van der Waals surface area contributed by atoms with Gasteiger partial charge in [-0.1, -0.05) is 0 Å². The third kappa shape index (κ3) is 8.13. The lowest BCUT2D eigenvalue weighted by Gasteiger charge is -2.13. The third-order valence-corrected chi connectivity index (χ3v) is 2.55. The smallest absolute Gasteiger partial charge is 0.243 e. The molecule has 1 rings (SSSR count). The average Bonchev–Trinajstić information content (AvgIpc) is 2.49. The number of nitrogens with one attached hydrogen (secondary N) is 1. The molecule has 0 aromatic heterocycles. The van der Waals surface area contributed by atoms with Crippen molar-refractivity contribution in [2.75, 3.05) is 40.0 Å². The fourth-order valence-electron chi connectivity index (χ4n) is 1.51. The van der Waals surface area contributed by atoms with Crippen molar-refractivity contribution in [3.63, 3.8) is 0 Å². The Bertz CT molecular complexity index is 410. The molecule has 0 heterocycles. The lowest BCUT2D eigenvalue weighted by atomic mass is 10.3. The molecule has 0 aliphatic rings. The summed E-state index contributed by atoms with van der Waals surface area (Å²) >= 11 is 0. The van der Waals surface area contributed by atoms with Gasteiger partial charge in [0.2, 0.25) is 5.91 Å². The summed E-state index contributed by atoms with van der Waals surface area (Å²) < 4.78 is 15.4. The maximum atomic E-state index is 10.4. The molecule has 1 atom stereocenters. The number of methoxy groups -OCH3 is 1. The van der Waals surface area contributed by atoms with Gasteiger partial charge in [-0.2, -0.15) is 0 Å². The number of aliphatic hydroxyl groups excluding tert-OH is 1. The van der Waals surface area contributed by atoms with Gasteiger partial charge in [0.25, 0.3) is 0 Å². The number of benzene rings is 1. The maximum Gasteiger partial charge on any atom is 0.243 e. The zero-order valence-corrected chi connectivity index (χ0v) is 12.1. The number of rotatable bonds is 11. The van der Waals surface area contributed by atoms with Crippen LogP contribution in [0.15, 0.2) is 24.3 Å². The predicted molar refractivity (Wildman–Crippen MR) is 77.4 cm³/mol. The zero-order chi connectivity index (χ0) is 15.5. The molecule has 0 saturated carbocycles. The fourth-order valence-corrected chi connectivity index (χ4v) is 1.51. The van der Waals surface area contributed by atoms with Gasteiger partial charge in [-0.25, -0.2) is 0 Å². The molecule has 118 valence electrons. The first-order chi connectivity index (χ1) is 10.1. The number of hydrogen-bond donors (Lipinski definition) is 3. The molecular weight excluding hydrogens is 276 g/mol. The molecule has 7 heteroatoms. The second-order valence-corrected chi connectivity index (χ2v) is 4.36. The highest BCUT2D eigenvalue weighted by molar-refractivity contribution is 5.74. The van der Waals surface area contributed by atoms with E-state index in [0.717, 1.165) is 5.75 Å². The summed E-state index contributed by atoms with van der Waals surface area (Å²) in [5, 5.41) is 12.7. The first-order valence-corrected chi connectivity index (χ1v) is 6.63. The normalized spacial score (nSPS) is 11.9. The van der Waals surface area contributed by atoms with Crippen LogP contribution in [0.3, 0.4) is 0 Å². The molecule has 7 nitrogen and oxygen atoms in total. The molecule has 0 aliphatic carbocycles. The number of carbonyl (C=O) groups is 1. The van der Waals surface area contributed by atoms with Crippen molar-refractivity contribution in [2.24, 2.45) is 5.73 Å². The minimum Gasteiger partial charge on any atom is -0.497 e. The van der Waals surface area contributed by atoms with E-state index in [2.05, 4.69) is 5.32 Å². The minimum atomic E-state index is -0.636. The largest absolute Gasteiger partial charge is 0.497 e. The van der Waals surface area contributed by atoms with Crippen LogP contribution in [0.2, 0.25) is 0 Å². The van der Waals surface area contributed by atoms with Gasteiger partial charge < -0.3 is 30.4 Å². The van der Waals surface area contributed by atoms with E-state index in [9.17, 15) is 9.90 Å². The molecule has 1 aromatic rings. The van der Waals surface area contributed by atoms with Crippen molar-refractivity contribution in [1.29, 1.82) is 0 Å². The molecule has 0 radical (unpaired) electrons. The van der Waals surface area contributed by atoms with Crippen LogP contribution in [-0.4, -0.2) is 57.1 Å². The van der Waals surface area contributed by atoms with Crippen LogP contribution in [-0.2, 0) is 9.53 Å². The van der Waals surface area contributed by atoms with Gasteiger partial charge in [0.1, 0.15) is 30.8 Å². The number of carbonyl (C=O) groups excluding carboxylic acids is 1. The monoisotopic (exact) mass is 298 g/mol. The zero-order valence-electron chi connectivity index (χ0n) is 12.1. The fraction of sp³-hybridized carbons (Fsp3) is 0.500. The number of amides is 1. The van der Waals surface area contributed by atoms with Crippen LogP contribution in [0.1, 0.15) is 0 Å². The molecule has 0 fully saturated rings. The quantitative estimate of drug-likeness (QED) is 0.477. The van der Waals surface area contributed by atoms with Crippen molar-refractivity contribution in [1.82, 2.24) is 5.32 Å². The Morgan fingerprint density at radius 2 is 2.00 bits per heavy atom. The van der Waals surface area contributed by atoms with Crippen LogP contribution < -0.4 is 20.5 Å². The van der Waals surface area contributed by atoms with Crippen molar-refractivity contribution in [3.05, 3.63) is 24.3 Å². The van der Waals surface area contributed by atoms with Crippen LogP contribution in [0, 0.1) is 0 Å². The Morgan fingerprint density at radius 3 is 2.62 bits per heavy atom. The van der Waals surface area contributed by atoms with Crippen molar-refractivity contribution in [3.8, 4) is 11.5 Å². The molecular formula is C14H22N2O5. The second-order valence-electron chi connectivity index (χ2n) is 4.36. The predicted octanol–water partition coefficient (Wildman–Crippen LogP) is -0.474. The lowest BCUT2D eigenvalue weighted by Crippen LogP contribution is -2.33. The molecule has 1 amide bonds. The molecule has 21 heavy (non-hydrogen) atoms. The Morgan fingerprint density at radius 1 is 1.33 bits per heavy atom. The van der Waals surface area contributed by atoms with E-state index in [1.165, 1.54) is 0 Å². The third-order valence-electron chi connectivity index (χ3n) is 2.55. The van der Waals surface area contributed by atoms with E-state index in [-0.39, 0.29) is 13.2 Å². The number of aliphatic hydroxyl groups is 1. The first-order valence-electron chi connectivity index (χ1n) is 6.63. The highest BCUT2D eigenvalue weighted by Crippen LogP contribution is 2.16. The summed E-state index contributed by atoms with van der Waals surface area (Å²) in [6.45, 7) is 1.34. The maximum absolute atomic E-state index is 10.4. The van der Waals surface area contributed by atoms with Crippen LogP contribution in [0.4, 0.5) is 0 Å². The summed E-state index contributed by atoms with van der Waals surface area (Å²) in [6.07, 6.45) is -0.636. The van der Waals surface area contributed by atoms with Crippen LogP contribution in [0.5, 0.6) is 11.5 Å². The number of nitrogens with two attached hydrogens (primary N) is 1. The SMILES string of the molecule is COc1ccc(OCC(O)CNCCOCC(N)=O)cc1. The van der Waals surface area contributed by atoms with E-state index in [4.69, 9.17) is 19.9 Å². The second kappa shape index (κ2) is 9.98. The summed E-state index contributed by atoms with van der Waals surface area (Å²) in [7, 11) is 1.60. The molecule has 0 saturated heterocycles. The summed E-state index contributed by atoms with van der Waals surface area (Å²) in [5.74, 6) is 0.920. The first kappa shape index (κ1) is 17.2. The molecule has 1 unspecified atom stereocenters. The van der Waals surface area contributed by atoms with Gasteiger partial charge in [-0.3, -0.25) is 4.79 Å². The lowest BCUT2D eigenvalue weighted by molar-refractivity contribution is -0.122. The summed E-state index contributed by atoms with van der Waals surface area (Å²) in [4.78, 5) is 10.4. The van der Waals surface area contributed by atoms with Crippen molar-refractivity contribution >= 4 is 5.91 Å². The van der Waals surface area contributed by atoms with E-state index in [1.807, 2.05) is 0 Å². The highest BCUT2D eigenvalue weighted by atomic mass is 16.5. The molecule has 1 aromatic carbocycles. The summed E-state index contributed by atoms with van der Waals surface area (Å²) in [6, 6.07) is 7.12. The molecule has 4 N–H and O–H groups in total.